The molecule has 1 aliphatic rings. The molecule has 1 aliphatic heterocycles. The monoisotopic (exact) mass is 431 g/mol. The van der Waals surface area contributed by atoms with Gasteiger partial charge in [-0.15, -0.1) is 0 Å². The zero-order valence-electron chi connectivity index (χ0n) is 14.0. The van der Waals surface area contributed by atoms with Gasteiger partial charge in [-0.05, 0) is 26.0 Å². The normalized spacial score (nSPS) is 17.1. The maximum Gasteiger partial charge on any atom is 0.248 e. The third-order valence-electron chi connectivity index (χ3n) is 4.31. The van der Waals surface area contributed by atoms with Crippen LogP contribution in [0.25, 0.3) is 0 Å². The summed E-state index contributed by atoms with van der Waals surface area (Å²) in [6.07, 6.45) is 0. The average Bonchev–Trinajstić information content (AvgIpc) is 2.90. The average molecular weight is 432 g/mol. The fraction of sp³-hybridized carbons (Fsp3) is 0.438. The van der Waals surface area contributed by atoms with Crippen molar-refractivity contribution < 1.29 is 17.3 Å². The predicted octanol–water partition coefficient (Wildman–Crippen LogP) is 2.70. The van der Waals surface area contributed by atoms with Crippen LogP contribution in [-0.4, -0.2) is 49.0 Å². The SMILES string of the molecule is Cc1noc(C)c1S(=O)(=O)N1CCN(Cc2ccc(Br)cc2F)CC1. The van der Waals surface area contributed by atoms with Crippen molar-refractivity contribution in [2.24, 2.45) is 0 Å². The van der Waals surface area contributed by atoms with E-state index in [0.29, 0.717) is 54.2 Å². The van der Waals surface area contributed by atoms with Crippen molar-refractivity contribution >= 4 is 26.0 Å². The molecule has 0 unspecified atom stereocenters. The lowest BCUT2D eigenvalue weighted by molar-refractivity contribution is 0.179. The number of halogens is 2. The van der Waals surface area contributed by atoms with Crippen molar-refractivity contribution in [1.82, 2.24) is 14.4 Å². The number of piperazine rings is 1. The predicted molar refractivity (Wildman–Crippen MR) is 94.1 cm³/mol. The number of hydrogen-bond acceptors (Lipinski definition) is 5. The highest BCUT2D eigenvalue weighted by Crippen LogP contribution is 2.25. The lowest BCUT2D eigenvalue weighted by Gasteiger charge is -2.33. The van der Waals surface area contributed by atoms with E-state index in [4.69, 9.17) is 4.52 Å². The maximum absolute atomic E-state index is 14.0. The first-order valence-electron chi connectivity index (χ1n) is 7.88. The van der Waals surface area contributed by atoms with Crippen molar-refractivity contribution in [1.29, 1.82) is 0 Å². The summed E-state index contributed by atoms with van der Waals surface area (Å²) >= 11 is 3.24. The molecule has 0 amide bonds. The van der Waals surface area contributed by atoms with Crippen molar-refractivity contribution in [3.8, 4) is 0 Å². The first kappa shape index (κ1) is 18.5. The summed E-state index contributed by atoms with van der Waals surface area (Å²) < 4.78 is 46.7. The number of rotatable bonds is 4. The smallest absolute Gasteiger partial charge is 0.248 e. The molecule has 0 radical (unpaired) electrons. The van der Waals surface area contributed by atoms with Crippen LogP contribution in [0, 0.1) is 19.7 Å². The summed E-state index contributed by atoms with van der Waals surface area (Å²) in [6.45, 7) is 5.46. The lowest BCUT2D eigenvalue weighted by Crippen LogP contribution is -2.48. The Kier molecular flexibility index (Phi) is 5.29. The molecule has 2 heterocycles. The van der Waals surface area contributed by atoms with Crippen LogP contribution in [0.3, 0.4) is 0 Å². The Balaban J connectivity index is 1.67. The topological polar surface area (TPSA) is 66.7 Å². The highest BCUT2D eigenvalue weighted by atomic mass is 79.9. The van der Waals surface area contributed by atoms with E-state index in [2.05, 4.69) is 21.1 Å². The maximum atomic E-state index is 14.0. The summed E-state index contributed by atoms with van der Waals surface area (Å²) in [5.41, 5.74) is 0.974. The molecular formula is C16H19BrFN3O3S. The molecule has 1 aromatic carbocycles. The molecule has 1 fully saturated rings. The largest absolute Gasteiger partial charge is 0.360 e. The van der Waals surface area contributed by atoms with Gasteiger partial charge in [-0.3, -0.25) is 4.90 Å². The third kappa shape index (κ3) is 3.79. The van der Waals surface area contributed by atoms with Crippen LogP contribution in [0.5, 0.6) is 0 Å². The second-order valence-electron chi connectivity index (χ2n) is 6.07. The summed E-state index contributed by atoms with van der Waals surface area (Å²) in [5.74, 6) is 0.0389. The minimum Gasteiger partial charge on any atom is -0.360 e. The van der Waals surface area contributed by atoms with Gasteiger partial charge >= 0.3 is 0 Å². The van der Waals surface area contributed by atoms with Crippen molar-refractivity contribution in [2.75, 3.05) is 26.2 Å². The fourth-order valence-electron chi connectivity index (χ4n) is 2.99. The van der Waals surface area contributed by atoms with E-state index in [1.165, 1.54) is 10.4 Å². The Morgan fingerprint density at radius 2 is 1.92 bits per heavy atom. The Labute approximate surface area is 154 Å². The second-order valence-corrected chi connectivity index (χ2v) is 8.86. The second kappa shape index (κ2) is 7.14. The molecular weight excluding hydrogens is 413 g/mol. The number of aryl methyl sites for hydroxylation is 2. The Morgan fingerprint density at radius 3 is 2.48 bits per heavy atom. The van der Waals surface area contributed by atoms with E-state index in [-0.39, 0.29) is 10.7 Å². The van der Waals surface area contributed by atoms with Gasteiger partial charge in [0.1, 0.15) is 16.4 Å². The summed E-state index contributed by atoms with van der Waals surface area (Å²) in [7, 11) is -3.62. The van der Waals surface area contributed by atoms with Crippen molar-refractivity contribution in [3.63, 3.8) is 0 Å². The molecule has 0 spiro atoms. The van der Waals surface area contributed by atoms with Crippen LogP contribution in [0.15, 0.2) is 32.1 Å². The zero-order valence-corrected chi connectivity index (χ0v) is 16.4. The zero-order chi connectivity index (χ0) is 18.2. The number of benzene rings is 1. The summed E-state index contributed by atoms with van der Waals surface area (Å²) in [6, 6.07) is 4.98. The molecule has 0 N–H and O–H groups in total. The van der Waals surface area contributed by atoms with Crippen LogP contribution in [0.2, 0.25) is 0 Å². The van der Waals surface area contributed by atoms with Crippen LogP contribution < -0.4 is 0 Å². The number of sulfonamides is 1. The van der Waals surface area contributed by atoms with Gasteiger partial charge in [-0.1, -0.05) is 27.2 Å². The number of aromatic nitrogens is 1. The quantitative estimate of drug-likeness (QED) is 0.744. The Hall–Kier alpha value is -1.29. The minimum absolute atomic E-state index is 0.153. The van der Waals surface area contributed by atoms with E-state index >= 15 is 0 Å². The van der Waals surface area contributed by atoms with Gasteiger partial charge in [0.05, 0.1) is 0 Å². The first-order valence-corrected chi connectivity index (χ1v) is 10.1. The van der Waals surface area contributed by atoms with Crippen LogP contribution >= 0.6 is 15.9 Å². The molecule has 3 rings (SSSR count). The fourth-order valence-corrected chi connectivity index (χ4v) is 5.04. The molecule has 1 aromatic heterocycles. The van der Waals surface area contributed by atoms with Gasteiger partial charge in [0.2, 0.25) is 10.0 Å². The summed E-state index contributed by atoms with van der Waals surface area (Å²) in [5, 5.41) is 3.73. The van der Waals surface area contributed by atoms with Gasteiger partial charge in [0.15, 0.2) is 5.76 Å². The highest BCUT2D eigenvalue weighted by Gasteiger charge is 2.33. The Bertz CT molecular complexity index is 857. The number of nitrogens with zero attached hydrogens (tertiary/aromatic N) is 3. The van der Waals surface area contributed by atoms with Gasteiger partial charge in [0, 0.05) is 42.8 Å². The summed E-state index contributed by atoms with van der Waals surface area (Å²) in [4.78, 5) is 2.20. The molecule has 0 aliphatic carbocycles. The van der Waals surface area contributed by atoms with Gasteiger partial charge < -0.3 is 4.52 Å². The van der Waals surface area contributed by atoms with Gasteiger partial charge in [-0.2, -0.15) is 4.31 Å². The molecule has 0 bridgehead atoms. The number of hydrogen-bond donors (Lipinski definition) is 0. The van der Waals surface area contributed by atoms with E-state index in [1.807, 2.05) is 4.90 Å². The van der Waals surface area contributed by atoms with Crippen LogP contribution in [0.4, 0.5) is 4.39 Å². The minimum atomic E-state index is -3.62. The molecule has 9 heteroatoms. The molecule has 2 aromatic rings. The van der Waals surface area contributed by atoms with E-state index in [1.54, 1.807) is 26.0 Å². The molecule has 1 saturated heterocycles. The lowest BCUT2D eigenvalue weighted by atomic mass is 10.2. The van der Waals surface area contributed by atoms with E-state index < -0.39 is 10.0 Å². The Morgan fingerprint density at radius 1 is 1.24 bits per heavy atom. The highest BCUT2D eigenvalue weighted by molar-refractivity contribution is 9.10. The van der Waals surface area contributed by atoms with Crippen LogP contribution in [-0.2, 0) is 16.6 Å². The van der Waals surface area contributed by atoms with Gasteiger partial charge in [-0.25, -0.2) is 12.8 Å². The molecule has 0 atom stereocenters. The molecule has 6 nitrogen and oxygen atoms in total. The van der Waals surface area contributed by atoms with Crippen molar-refractivity contribution in [3.05, 3.63) is 45.5 Å². The first-order chi connectivity index (χ1) is 11.8. The molecule has 0 saturated carbocycles. The van der Waals surface area contributed by atoms with Gasteiger partial charge in [0.25, 0.3) is 0 Å². The van der Waals surface area contributed by atoms with Crippen LogP contribution in [0.1, 0.15) is 17.0 Å². The van der Waals surface area contributed by atoms with E-state index in [9.17, 15) is 12.8 Å². The third-order valence-corrected chi connectivity index (χ3v) is 6.94. The van der Waals surface area contributed by atoms with E-state index in [0.717, 1.165) is 0 Å². The molecule has 136 valence electrons. The van der Waals surface area contributed by atoms with Crippen molar-refractivity contribution in [2.45, 2.75) is 25.3 Å². The molecule has 25 heavy (non-hydrogen) atoms. The standard InChI is InChI=1S/C16H19BrFN3O3S/c1-11-16(12(2)24-19-11)25(22,23)21-7-5-20(6-8-21)10-13-3-4-14(17)9-15(13)18/h3-4,9H,5-8,10H2,1-2H3.